The summed E-state index contributed by atoms with van der Waals surface area (Å²) in [6, 6.07) is 5.02. The van der Waals surface area contributed by atoms with E-state index in [1.807, 2.05) is 0 Å². The maximum absolute atomic E-state index is 12.3. The maximum atomic E-state index is 12.3. The number of aromatic nitrogens is 4. The van der Waals surface area contributed by atoms with Crippen molar-refractivity contribution in [2.75, 3.05) is 19.5 Å². The van der Waals surface area contributed by atoms with Crippen molar-refractivity contribution in [3.63, 3.8) is 0 Å². The number of hydrogen-bond donors (Lipinski definition) is 2. The number of tetrazole rings is 1. The summed E-state index contributed by atoms with van der Waals surface area (Å²) in [5, 5.41) is 16.4. The normalized spacial score (nSPS) is 9.95. The maximum Gasteiger partial charge on any atom is 0.269 e. The number of anilines is 1. The summed E-state index contributed by atoms with van der Waals surface area (Å²) < 4.78 is 10.3. The first kappa shape index (κ1) is 15.6. The molecule has 0 aliphatic carbocycles. The first-order valence-corrected chi connectivity index (χ1v) is 6.53. The fourth-order valence-corrected chi connectivity index (χ4v) is 1.89. The standard InChI is InChI=1S/C12H14N6O3S/c1-18-16-11(15-17-18)14-12(22)13-10(19)9-7(20-2)5-4-6-8(9)21-3/h4-6H,1-3H3,(H2,13,14,16,19,22). The van der Waals surface area contributed by atoms with Gasteiger partial charge in [0.15, 0.2) is 5.11 Å². The second-order valence-corrected chi connectivity index (χ2v) is 4.46. The van der Waals surface area contributed by atoms with Crippen LogP contribution in [0.25, 0.3) is 0 Å². The third-order valence-corrected chi connectivity index (χ3v) is 2.82. The number of rotatable bonds is 4. The van der Waals surface area contributed by atoms with Gasteiger partial charge in [-0.2, -0.15) is 4.80 Å². The Kier molecular flexibility index (Phi) is 4.84. The second-order valence-electron chi connectivity index (χ2n) is 4.05. The van der Waals surface area contributed by atoms with Gasteiger partial charge in [-0.05, 0) is 29.6 Å². The van der Waals surface area contributed by atoms with Gasteiger partial charge in [-0.15, -0.1) is 5.10 Å². The Labute approximate surface area is 131 Å². The van der Waals surface area contributed by atoms with Crippen molar-refractivity contribution in [2.45, 2.75) is 0 Å². The number of ether oxygens (including phenoxy) is 2. The highest BCUT2D eigenvalue weighted by atomic mass is 32.1. The molecule has 1 aromatic carbocycles. The molecule has 0 saturated carbocycles. The molecule has 1 aromatic heterocycles. The topological polar surface area (TPSA) is 103 Å². The molecule has 0 radical (unpaired) electrons. The van der Waals surface area contributed by atoms with E-state index in [4.69, 9.17) is 21.7 Å². The highest BCUT2D eigenvalue weighted by Crippen LogP contribution is 2.27. The number of methoxy groups -OCH3 is 2. The average molecular weight is 322 g/mol. The van der Waals surface area contributed by atoms with Crippen molar-refractivity contribution in [2.24, 2.45) is 7.05 Å². The van der Waals surface area contributed by atoms with E-state index in [2.05, 4.69) is 26.0 Å². The van der Waals surface area contributed by atoms with Crippen LogP contribution in [0.4, 0.5) is 5.95 Å². The number of carbonyl (C=O) groups is 1. The summed E-state index contributed by atoms with van der Waals surface area (Å²) in [6.07, 6.45) is 0. The highest BCUT2D eigenvalue weighted by Gasteiger charge is 2.19. The molecule has 1 amide bonds. The number of nitrogens with zero attached hydrogens (tertiary/aromatic N) is 4. The van der Waals surface area contributed by atoms with Crippen LogP contribution in [0, 0.1) is 0 Å². The van der Waals surface area contributed by atoms with Gasteiger partial charge >= 0.3 is 0 Å². The lowest BCUT2D eigenvalue weighted by atomic mass is 10.1. The quantitative estimate of drug-likeness (QED) is 0.778. The Balaban J connectivity index is 2.13. The minimum absolute atomic E-state index is 0.0333. The van der Waals surface area contributed by atoms with Gasteiger partial charge in [0.1, 0.15) is 17.1 Å². The van der Waals surface area contributed by atoms with E-state index in [1.165, 1.54) is 19.0 Å². The van der Waals surface area contributed by atoms with Crippen LogP contribution in [0.1, 0.15) is 10.4 Å². The first-order chi connectivity index (χ1) is 10.5. The van der Waals surface area contributed by atoms with E-state index in [0.29, 0.717) is 11.5 Å². The molecule has 9 nitrogen and oxygen atoms in total. The molecule has 2 N–H and O–H groups in total. The monoisotopic (exact) mass is 322 g/mol. The van der Waals surface area contributed by atoms with Crippen LogP contribution >= 0.6 is 12.2 Å². The average Bonchev–Trinajstić information content (AvgIpc) is 2.90. The van der Waals surface area contributed by atoms with Gasteiger partial charge < -0.3 is 9.47 Å². The summed E-state index contributed by atoms with van der Waals surface area (Å²) in [6.45, 7) is 0. The zero-order valence-corrected chi connectivity index (χ0v) is 13.0. The molecule has 1 heterocycles. The van der Waals surface area contributed by atoms with Crippen molar-refractivity contribution < 1.29 is 14.3 Å². The van der Waals surface area contributed by atoms with Crippen molar-refractivity contribution >= 4 is 29.2 Å². The van der Waals surface area contributed by atoms with Crippen LogP contribution in [-0.2, 0) is 7.05 Å². The van der Waals surface area contributed by atoms with Gasteiger partial charge in [0, 0.05) is 0 Å². The van der Waals surface area contributed by atoms with Gasteiger partial charge in [-0.3, -0.25) is 15.4 Å². The highest BCUT2D eigenvalue weighted by molar-refractivity contribution is 7.80. The van der Waals surface area contributed by atoms with Gasteiger partial charge in [0.25, 0.3) is 11.9 Å². The van der Waals surface area contributed by atoms with Gasteiger partial charge in [-0.1, -0.05) is 11.2 Å². The lowest BCUT2D eigenvalue weighted by Crippen LogP contribution is -2.34. The Morgan fingerprint density at radius 3 is 2.41 bits per heavy atom. The van der Waals surface area contributed by atoms with E-state index in [9.17, 15) is 4.79 Å². The molecule has 0 spiro atoms. The van der Waals surface area contributed by atoms with Gasteiger partial charge in [0.05, 0.1) is 21.3 Å². The number of thiocarbonyl (C=S) groups is 1. The van der Waals surface area contributed by atoms with Gasteiger partial charge in [-0.25, -0.2) is 0 Å². The van der Waals surface area contributed by atoms with Crippen LogP contribution in [0.15, 0.2) is 18.2 Å². The fraction of sp³-hybridized carbons (Fsp3) is 0.250. The van der Waals surface area contributed by atoms with Crippen molar-refractivity contribution in [3.8, 4) is 11.5 Å². The van der Waals surface area contributed by atoms with E-state index < -0.39 is 5.91 Å². The van der Waals surface area contributed by atoms with E-state index in [1.54, 1.807) is 25.2 Å². The third-order valence-electron chi connectivity index (χ3n) is 2.62. The van der Waals surface area contributed by atoms with Crippen molar-refractivity contribution in [3.05, 3.63) is 23.8 Å². The molecule has 0 aliphatic rings. The number of benzene rings is 1. The van der Waals surface area contributed by atoms with E-state index in [0.717, 1.165) is 0 Å². The molecule has 0 unspecified atom stereocenters. The Morgan fingerprint density at radius 1 is 1.27 bits per heavy atom. The molecule has 10 heteroatoms. The largest absolute Gasteiger partial charge is 0.496 e. The molecule has 116 valence electrons. The molecule has 0 aliphatic heterocycles. The van der Waals surface area contributed by atoms with E-state index in [-0.39, 0.29) is 16.6 Å². The minimum Gasteiger partial charge on any atom is -0.496 e. The van der Waals surface area contributed by atoms with E-state index >= 15 is 0 Å². The summed E-state index contributed by atoms with van der Waals surface area (Å²) >= 11 is 5.04. The SMILES string of the molecule is COc1cccc(OC)c1C(=O)NC(=S)Nc1nnn(C)n1. The lowest BCUT2D eigenvalue weighted by Gasteiger charge is -2.13. The van der Waals surface area contributed by atoms with Crippen LogP contribution < -0.4 is 20.1 Å². The van der Waals surface area contributed by atoms with Crippen LogP contribution in [-0.4, -0.2) is 45.4 Å². The summed E-state index contributed by atoms with van der Waals surface area (Å²) in [5.74, 6) is 0.449. The molecular weight excluding hydrogens is 308 g/mol. The first-order valence-electron chi connectivity index (χ1n) is 6.12. The third kappa shape index (κ3) is 3.47. The number of hydrogen-bond acceptors (Lipinski definition) is 7. The number of nitrogens with one attached hydrogen (secondary N) is 2. The van der Waals surface area contributed by atoms with Crippen LogP contribution in [0.3, 0.4) is 0 Å². The summed E-state index contributed by atoms with van der Waals surface area (Å²) in [5.41, 5.74) is 0.240. The van der Waals surface area contributed by atoms with Crippen molar-refractivity contribution in [1.29, 1.82) is 0 Å². The van der Waals surface area contributed by atoms with Crippen molar-refractivity contribution in [1.82, 2.24) is 25.5 Å². The fourth-order valence-electron chi connectivity index (χ4n) is 1.71. The lowest BCUT2D eigenvalue weighted by molar-refractivity contribution is 0.0971. The van der Waals surface area contributed by atoms with Crippen LogP contribution in [0.5, 0.6) is 11.5 Å². The molecule has 0 atom stereocenters. The zero-order chi connectivity index (χ0) is 16.1. The smallest absolute Gasteiger partial charge is 0.269 e. The molecular formula is C12H14N6O3S. The number of amides is 1. The number of aryl methyl sites for hydroxylation is 1. The Bertz CT molecular complexity index is 680. The minimum atomic E-state index is -0.476. The Morgan fingerprint density at radius 2 is 1.91 bits per heavy atom. The molecule has 0 fully saturated rings. The zero-order valence-electron chi connectivity index (χ0n) is 12.2. The van der Waals surface area contributed by atoms with Crippen LogP contribution in [0.2, 0.25) is 0 Å². The predicted octanol–water partition coefficient (Wildman–Crippen LogP) is 0.354. The number of carbonyl (C=O) groups excluding carboxylic acids is 1. The molecule has 0 saturated heterocycles. The molecule has 2 rings (SSSR count). The molecule has 2 aromatic rings. The molecule has 22 heavy (non-hydrogen) atoms. The molecule has 0 bridgehead atoms. The van der Waals surface area contributed by atoms with Gasteiger partial charge in [0.2, 0.25) is 0 Å². The predicted molar refractivity (Wildman–Crippen MR) is 82.0 cm³/mol. The second kappa shape index (κ2) is 6.80. The summed E-state index contributed by atoms with van der Waals surface area (Å²) in [4.78, 5) is 13.6. The Hall–Kier alpha value is -2.75. The summed E-state index contributed by atoms with van der Waals surface area (Å²) in [7, 11) is 4.54.